The Kier molecular flexibility index (Phi) is 2.19. The highest BCUT2D eigenvalue weighted by Gasteiger charge is 2.09. The molecule has 0 unspecified atom stereocenters. The van der Waals surface area contributed by atoms with E-state index in [0.717, 1.165) is 28.4 Å². The summed E-state index contributed by atoms with van der Waals surface area (Å²) in [4.78, 5) is 15.2. The Morgan fingerprint density at radius 2 is 2.12 bits per heavy atom. The number of aromatic amines is 1. The first-order chi connectivity index (χ1) is 8.40. The topological polar surface area (TPSA) is 58.6 Å². The van der Waals surface area contributed by atoms with E-state index in [0.29, 0.717) is 5.56 Å². The van der Waals surface area contributed by atoms with E-state index in [1.807, 2.05) is 30.3 Å². The number of aromatic nitrogens is 3. The summed E-state index contributed by atoms with van der Waals surface area (Å²) in [6, 6.07) is 9.66. The molecule has 1 aromatic carbocycles. The molecule has 17 heavy (non-hydrogen) atoms. The zero-order chi connectivity index (χ0) is 11.7. The van der Waals surface area contributed by atoms with Gasteiger partial charge in [0.2, 0.25) is 0 Å². The van der Waals surface area contributed by atoms with Crippen LogP contribution in [-0.2, 0) is 0 Å². The van der Waals surface area contributed by atoms with E-state index in [1.165, 1.54) is 6.20 Å². The van der Waals surface area contributed by atoms with Gasteiger partial charge >= 0.3 is 0 Å². The number of carbonyl (C=O) groups excluding carboxylic acids is 1. The number of rotatable bonds is 2. The van der Waals surface area contributed by atoms with Crippen molar-refractivity contribution >= 4 is 17.2 Å². The van der Waals surface area contributed by atoms with E-state index in [2.05, 4.69) is 15.2 Å². The molecule has 2 heterocycles. The molecule has 1 N–H and O–H groups in total. The summed E-state index contributed by atoms with van der Waals surface area (Å²) < 4.78 is 0. The lowest BCUT2D eigenvalue weighted by Crippen LogP contribution is -1.87. The Hall–Kier alpha value is -2.49. The van der Waals surface area contributed by atoms with Crippen LogP contribution in [-0.4, -0.2) is 21.5 Å². The Morgan fingerprint density at radius 1 is 1.18 bits per heavy atom. The molecule has 0 atom stereocenters. The second kappa shape index (κ2) is 3.83. The van der Waals surface area contributed by atoms with Crippen LogP contribution in [0.1, 0.15) is 10.4 Å². The van der Waals surface area contributed by atoms with Crippen LogP contribution in [0.25, 0.3) is 22.2 Å². The lowest BCUT2D eigenvalue weighted by Gasteiger charge is -2.04. The van der Waals surface area contributed by atoms with Gasteiger partial charge in [0.1, 0.15) is 0 Å². The minimum absolute atomic E-state index is 0.557. The van der Waals surface area contributed by atoms with Gasteiger partial charge in [-0.15, -0.1) is 0 Å². The van der Waals surface area contributed by atoms with Crippen LogP contribution in [0.3, 0.4) is 0 Å². The molecular weight excluding hydrogens is 214 g/mol. The normalized spacial score (nSPS) is 10.6. The monoisotopic (exact) mass is 223 g/mol. The average Bonchev–Trinajstić information content (AvgIpc) is 2.86. The van der Waals surface area contributed by atoms with Crippen LogP contribution < -0.4 is 0 Å². The van der Waals surface area contributed by atoms with E-state index in [9.17, 15) is 4.79 Å². The van der Waals surface area contributed by atoms with Gasteiger partial charge < -0.3 is 0 Å². The first-order valence-corrected chi connectivity index (χ1v) is 5.23. The number of hydrogen-bond acceptors (Lipinski definition) is 3. The molecule has 4 nitrogen and oxygen atoms in total. The third kappa shape index (κ3) is 1.50. The summed E-state index contributed by atoms with van der Waals surface area (Å²) in [6.45, 7) is 0. The fourth-order valence-corrected chi connectivity index (χ4v) is 1.92. The molecule has 82 valence electrons. The molecule has 0 radical (unpaired) electrons. The van der Waals surface area contributed by atoms with E-state index >= 15 is 0 Å². The molecule has 2 aromatic heterocycles. The maximum absolute atomic E-state index is 10.9. The maximum atomic E-state index is 10.9. The molecule has 0 spiro atoms. The number of nitrogens with one attached hydrogen (secondary N) is 1. The minimum Gasteiger partial charge on any atom is -0.298 e. The van der Waals surface area contributed by atoms with E-state index in [1.54, 1.807) is 6.20 Å². The number of pyridine rings is 1. The predicted molar refractivity (Wildman–Crippen MR) is 64.7 cm³/mol. The van der Waals surface area contributed by atoms with E-state index < -0.39 is 0 Å². The summed E-state index contributed by atoms with van der Waals surface area (Å²) in [6.07, 6.45) is 4.07. The van der Waals surface area contributed by atoms with E-state index in [-0.39, 0.29) is 0 Å². The highest BCUT2D eigenvalue weighted by molar-refractivity contribution is 5.97. The van der Waals surface area contributed by atoms with Crippen molar-refractivity contribution in [3.63, 3.8) is 0 Å². The molecular formula is C13H9N3O. The van der Waals surface area contributed by atoms with Crippen LogP contribution >= 0.6 is 0 Å². The molecule has 3 rings (SSSR count). The zero-order valence-electron chi connectivity index (χ0n) is 8.92. The number of aldehydes is 1. The molecule has 0 aliphatic heterocycles. The number of fused-ring (bicyclic) bond motifs is 1. The van der Waals surface area contributed by atoms with Crippen LogP contribution in [0.2, 0.25) is 0 Å². The molecule has 0 fully saturated rings. The molecule has 0 saturated heterocycles. The summed E-state index contributed by atoms with van der Waals surface area (Å²) >= 11 is 0. The fourth-order valence-electron chi connectivity index (χ4n) is 1.92. The number of carbonyl (C=O) groups is 1. The standard InChI is InChI=1S/C13H9N3O/c17-8-9-7-15-16-13(9)11-3-1-5-12-10(11)4-2-6-14-12/h1-8H,(H,15,16). The van der Waals surface area contributed by atoms with Gasteiger partial charge in [-0.3, -0.25) is 14.9 Å². The smallest absolute Gasteiger partial charge is 0.153 e. The Morgan fingerprint density at radius 3 is 3.00 bits per heavy atom. The Balaban J connectivity index is 2.34. The highest BCUT2D eigenvalue weighted by atomic mass is 16.1. The van der Waals surface area contributed by atoms with Crippen molar-refractivity contribution in [2.24, 2.45) is 0 Å². The zero-order valence-corrected chi connectivity index (χ0v) is 8.92. The predicted octanol–water partition coefficient (Wildman–Crippen LogP) is 2.44. The first kappa shape index (κ1) is 9.72. The summed E-state index contributed by atoms with van der Waals surface area (Å²) in [7, 11) is 0. The summed E-state index contributed by atoms with van der Waals surface area (Å²) in [5.41, 5.74) is 3.13. The van der Waals surface area contributed by atoms with Crippen LogP contribution in [0.5, 0.6) is 0 Å². The van der Waals surface area contributed by atoms with Crippen molar-refractivity contribution in [2.45, 2.75) is 0 Å². The third-order valence-electron chi connectivity index (χ3n) is 2.71. The van der Waals surface area contributed by atoms with Gasteiger partial charge in [-0.1, -0.05) is 18.2 Å². The maximum Gasteiger partial charge on any atom is 0.153 e. The Labute approximate surface area is 97.3 Å². The average molecular weight is 223 g/mol. The molecule has 4 heteroatoms. The van der Waals surface area contributed by atoms with Crippen molar-refractivity contribution in [2.75, 3.05) is 0 Å². The molecule has 0 bridgehead atoms. The van der Waals surface area contributed by atoms with Crippen molar-refractivity contribution in [3.05, 3.63) is 48.3 Å². The first-order valence-electron chi connectivity index (χ1n) is 5.23. The molecule has 0 aliphatic carbocycles. The van der Waals surface area contributed by atoms with Gasteiger partial charge in [0.05, 0.1) is 23.0 Å². The van der Waals surface area contributed by atoms with Crippen molar-refractivity contribution in [3.8, 4) is 11.3 Å². The molecule has 0 aliphatic rings. The van der Waals surface area contributed by atoms with Gasteiger partial charge in [0.25, 0.3) is 0 Å². The van der Waals surface area contributed by atoms with E-state index in [4.69, 9.17) is 0 Å². The lowest BCUT2D eigenvalue weighted by molar-refractivity contribution is 0.112. The van der Waals surface area contributed by atoms with Crippen molar-refractivity contribution in [1.82, 2.24) is 15.2 Å². The van der Waals surface area contributed by atoms with Crippen molar-refractivity contribution < 1.29 is 4.79 Å². The quantitative estimate of drug-likeness (QED) is 0.679. The van der Waals surface area contributed by atoms with Gasteiger partial charge in [0.15, 0.2) is 6.29 Å². The van der Waals surface area contributed by atoms with Crippen LogP contribution in [0.15, 0.2) is 42.7 Å². The molecule has 0 amide bonds. The van der Waals surface area contributed by atoms with Gasteiger partial charge in [-0.25, -0.2) is 0 Å². The number of H-pyrrole nitrogens is 1. The van der Waals surface area contributed by atoms with Crippen molar-refractivity contribution in [1.29, 1.82) is 0 Å². The van der Waals surface area contributed by atoms with Crippen LogP contribution in [0, 0.1) is 0 Å². The summed E-state index contributed by atoms with van der Waals surface area (Å²) in [5.74, 6) is 0. The number of hydrogen-bond donors (Lipinski definition) is 1. The largest absolute Gasteiger partial charge is 0.298 e. The highest BCUT2D eigenvalue weighted by Crippen LogP contribution is 2.27. The second-order valence-electron chi connectivity index (χ2n) is 3.69. The number of nitrogens with zero attached hydrogens (tertiary/aromatic N) is 2. The second-order valence-corrected chi connectivity index (χ2v) is 3.69. The number of benzene rings is 1. The van der Waals surface area contributed by atoms with Crippen LogP contribution in [0.4, 0.5) is 0 Å². The van der Waals surface area contributed by atoms with Gasteiger partial charge in [-0.05, 0) is 12.1 Å². The molecule has 0 saturated carbocycles. The van der Waals surface area contributed by atoms with Gasteiger partial charge in [-0.2, -0.15) is 5.10 Å². The molecule has 3 aromatic rings. The fraction of sp³-hybridized carbons (Fsp3) is 0. The minimum atomic E-state index is 0.557. The SMILES string of the molecule is O=Cc1cn[nH]c1-c1cccc2ncccc12. The third-order valence-corrected chi connectivity index (χ3v) is 2.71. The summed E-state index contributed by atoms with van der Waals surface area (Å²) in [5, 5.41) is 7.76. The lowest BCUT2D eigenvalue weighted by atomic mass is 10.0. The van der Waals surface area contributed by atoms with Gasteiger partial charge in [0, 0.05) is 17.1 Å². The Bertz CT molecular complexity index is 682.